The van der Waals surface area contributed by atoms with Crippen LogP contribution in [-0.2, 0) is 0 Å². The number of nitrogens with zero attached hydrogens (tertiary/aromatic N) is 3. The number of piperidine rings is 1. The van der Waals surface area contributed by atoms with Gasteiger partial charge in [0.25, 0.3) is 0 Å². The Morgan fingerprint density at radius 1 is 1.35 bits per heavy atom. The minimum absolute atomic E-state index is 0.676. The SMILES string of the molecule is CCCC1CCN(c2nc3ccccn3c2C=O)CC1. The monoisotopic (exact) mass is 271 g/mol. The van der Waals surface area contributed by atoms with Gasteiger partial charge in [-0.2, -0.15) is 0 Å². The van der Waals surface area contributed by atoms with E-state index < -0.39 is 0 Å². The third-order valence-corrected chi connectivity index (χ3v) is 4.27. The number of aldehydes is 1. The summed E-state index contributed by atoms with van der Waals surface area (Å²) in [7, 11) is 0. The molecule has 0 aliphatic carbocycles. The Labute approximate surface area is 119 Å². The zero-order valence-electron chi connectivity index (χ0n) is 12.0. The highest BCUT2D eigenvalue weighted by atomic mass is 16.1. The van der Waals surface area contributed by atoms with Gasteiger partial charge in [0.2, 0.25) is 0 Å². The van der Waals surface area contributed by atoms with E-state index in [1.54, 1.807) is 0 Å². The van der Waals surface area contributed by atoms with Gasteiger partial charge in [-0.1, -0.05) is 25.8 Å². The van der Waals surface area contributed by atoms with Gasteiger partial charge in [0.05, 0.1) is 0 Å². The van der Waals surface area contributed by atoms with Gasteiger partial charge in [-0.3, -0.25) is 9.20 Å². The van der Waals surface area contributed by atoms with E-state index in [0.717, 1.165) is 36.8 Å². The molecule has 0 N–H and O–H groups in total. The van der Waals surface area contributed by atoms with Gasteiger partial charge >= 0.3 is 0 Å². The molecule has 4 heteroatoms. The number of imidazole rings is 1. The first kappa shape index (κ1) is 13.2. The van der Waals surface area contributed by atoms with Crippen molar-refractivity contribution in [2.75, 3.05) is 18.0 Å². The maximum atomic E-state index is 11.4. The lowest BCUT2D eigenvalue weighted by Crippen LogP contribution is -2.34. The summed E-state index contributed by atoms with van der Waals surface area (Å²) in [5.41, 5.74) is 1.52. The molecule has 3 heterocycles. The van der Waals surface area contributed by atoms with E-state index in [-0.39, 0.29) is 0 Å². The van der Waals surface area contributed by atoms with Crippen molar-refractivity contribution >= 4 is 17.8 Å². The Hall–Kier alpha value is -1.84. The molecule has 0 radical (unpaired) electrons. The number of carbonyl (C=O) groups excluding carboxylic acids is 1. The van der Waals surface area contributed by atoms with Gasteiger partial charge < -0.3 is 4.90 Å². The average molecular weight is 271 g/mol. The van der Waals surface area contributed by atoms with Crippen molar-refractivity contribution in [2.24, 2.45) is 5.92 Å². The fourth-order valence-corrected chi connectivity index (χ4v) is 3.19. The third-order valence-electron chi connectivity index (χ3n) is 4.27. The second kappa shape index (κ2) is 5.65. The first-order valence-electron chi connectivity index (χ1n) is 7.50. The zero-order valence-corrected chi connectivity index (χ0v) is 12.0. The highest BCUT2D eigenvalue weighted by molar-refractivity contribution is 5.83. The number of hydrogen-bond donors (Lipinski definition) is 0. The minimum Gasteiger partial charge on any atom is -0.355 e. The van der Waals surface area contributed by atoms with Crippen molar-refractivity contribution in [3.8, 4) is 0 Å². The number of carbonyl (C=O) groups is 1. The molecule has 0 saturated carbocycles. The summed E-state index contributed by atoms with van der Waals surface area (Å²) in [4.78, 5) is 18.3. The van der Waals surface area contributed by atoms with E-state index in [2.05, 4.69) is 16.8 Å². The van der Waals surface area contributed by atoms with E-state index in [0.29, 0.717) is 5.69 Å². The summed E-state index contributed by atoms with van der Waals surface area (Å²) in [5, 5.41) is 0. The van der Waals surface area contributed by atoms with Crippen LogP contribution in [0.15, 0.2) is 24.4 Å². The molecular weight excluding hydrogens is 250 g/mol. The fraction of sp³-hybridized carbons (Fsp3) is 0.500. The van der Waals surface area contributed by atoms with Crippen molar-refractivity contribution in [2.45, 2.75) is 32.6 Å². The Bertz CT molecular complexity index is 597. The van der Waals surface area contributed by atoms with Crippen molar-refractivity contribution in [1.82, 2.24) is 9.38 Å². The van der Waals surface area contributed by atoms with E-state index in [1.807, 2.05) is 28.8 Å². The van der Waals surface area contributed by atoms with E-state index in [9.17, 15) is 4.79 Å². The quantitative estimate of drug-likeness (QED) is 0.802. The molecule has 1 aliphatic heterocycles. The Morgan fingerprint density at radius 3 is 2.85 bits per heavy atom. The zero-order chi connectivity index (χ0) is 13.9. The highest BCUT2D eigenvalue weighted by Gasteiger charge is 2.23. The Balaban J connectivity index is 1.86. The second-order valence-corrected chi connectivity index (χ2v) is 5.59. The number of aromatic nitrogens is 2. The van der Waals surface area contributed by atoms with Crippen LogP contribution in [-0.4, -0.2) is 28.8 Å². The number of rotatable bonds is 4. The van der Waals surface area contributed by atoms with E-state index in [4.69, 9.17) is 0 Å². The highest BCUT2D eigenvalue weighted by Crippen LogP contribution is 2.27. The van der Waals surface area contributed by atoms with Crippen molar-refractivity contribution in [3.05, 3.63) is 30.1 Å². The maximum absolute atomic E-state index is 11.4. The summed E-state index contributed by atoms with van der Waals surface area (Å²) in [6.45, 7) is 4.27. The van der Waals surface area contributed by atoms with Gasteiger partial charge in [-0.05, 0) is 30.9 Å². The lowest BCUT2D eigenvalue weighted by Gasteiger charge is -2.32. The Kier molecular flexibility index (Phi) is 3.72. The minimum atomic E-state index is 0.676. The van der Waals surface area contributed by atoms with E-state index in [1.165, 1.54) is 25.7 Å². The Morgan fingerprint density at radius 2 is 2.15 bits per heavy atom. The van der Waals surface area contributed by atoms with Crippen LogP contribution in [0.5, 0.6) is 0 Å². The average Bonchev–Trinajstić information content (AvgIpc) is 2.87. The smallest absolute Gasteiger partial charge is 0.170 e. The van der Waals surface area contributed by atoms with Gasteiger partial charge in [0.15, 0.2) is 12.1 Å². The molecule has 0 spiro atoms. The van der Waals surface area contributed by atoms with Gasteiger partial charge in [0, 0.05) is 19.3 Å². The molecule has 3 rings (SSSR count). The summed E-state index contributed by atoms with van der Waals surface area (Å²) < 4.78 is 1.88. The first-order chi connectivity index (χ1) is 9.83. The van der Waals surface area contributed by atoms with Crippen LogP contribution in [0.4, 0.5) is 5.82 Å². The lowest BCUT2D eigenvalue weighted by molar-refractivity contribution is 0.111. The first-order valence-corrected chi connectivity index (χ1v) is 7.50. The molecule has 0 bridgehead atoms. The van der Waals surface area contributed by atoms with Gasteiger partial charge in [-0.25, -0.2) is 4.98 Å². The molecule has 0 atom stereocenters. The van der Waals surface area contributed by atoms with Crippen LogP contribution < -0.4 is 4.90 Å². The largest absolute Gasteiger partial charge is 0.355 e. The lowest BCUT2D eigenvalue weighted by atomic mass is 9.92. The molecule has 4 nitrogen and oxygen atoms in total. The molecule has 106 valence electrons. The molecule has 1 aliphatic rings. The molecule has 0 aromatic carbocycles. The second-order valence-electron chi connectivity index (χ2n) is 5.59. The molecular formula is C16H21N3O. The predicted molar refractivity (Wildman–Crippen MR) is 80.4 cm³/mol. The van der Waals surface area contributed by atoms with Crippen molar-refractivity contribution in [1.29, 1.82) is 0 Å². The van der Waals surface area contributed by atoms with Crippen LogP contribution in [0.2, 0.25) is 0 Å². The summed E-state index contributed by atoms with van der Waals surface area (Å²) in [6.07, 6.45) is 7.82. The molecule has 1 fully saturated rings. The van der Waals surface area contributed by atoms with Crippen LogP contribution in [0.3, 0.4) is 0 Å². The third kappa shape index (κ3) is 2.30. The van der Waals surface area contributed by atoms with Crippen molar-refractivity contribution in [3.63, 3.8) is 0 Å². The molecule has 2 aromatic heterocycles. The van der Waals surface area contributed by atoms with Gasteiger partial charge in [0.1, 0.15) is 11.3 Å². The number of anilines is 1. The van der Waals surface area contributed by atoms with Crippen LogP contribution in [0.25, 0.3) is 5.65 Å². The molecule has 1 saturated heterocycles. The van der Waals surface area contributed by atoms with E-state index >= 15 is 0 Å². The number of hydrogen-bond acceptors (Lipinski definition) is 3. The van der Waals surface area contributed by atoms with Crippen LogP contribution >= 0.6 is 0 Å². The molecule has 20 heavy (non-hydrogen) atoms. The molecule has 2 aromatic rings. The molecule has 0 unspecified atom stereocenters. The fourth-order valence-electron chi connectivity index (χ4n) is 3.19. The number of fused-ring (bicyclic) bond motifs is 1. The van der Waals surface area contributed by atoms with Crippen LogP contribution in [0.1, 0.15) is 43.1 Å². The standard InChI is InChI=1S/C16H21N3O/c1-2-5-13-7-10-18(11-8-13)16-14(12-20)19-9-4-3-6-15(19)17-16/h3-4,6,9,12-13H,2,5,7-8,10-11H2,1H3. The summed E-state index contributed by atoms with van der Waals surface area (Å²) in [6, 6.07) is 5.83. The normalized spacial score (nSPS) is 16.8. The molecule has 0 amide bonds. The number of pyridine rings is 1. The predicted octanol–water partition coefficient (Wildman–Crippen LogP) is 3.16. The maximum Gasteiger partial charge on any atom is 0.170 e. The summed E-state index contributed by atoms with van der Waals surface area (Å²) >= 11 is 0. The van der Waals surface area contributed by atoms with Crippen LogP contribution in [0, 0.1) is 5.92 Å². The summed E-state index contributed by atoms with van der Waals surface area (Å²) in [5.74, 6) is 1.69. The van der Waals surface area contributed by atoms with Crippen molar-refractivity contribution < 1.29 is 4.79 Å². The van der Waals surface area contributed by atoms with Gasteiger partial charge in [-0.15, -0.1) is 0 Å². The topological polar surface area (TPSA) is 37.6 Å².